The predicted octanol–water partition coefficient (Wildman–Crippen LogP) is 5.93. The fourth-order valence-corrected chi connectivity index (χ4v) is 5.57. The summed E-state index contributed by atoms with van der Waals surface area (Å²) in [6, 6.07) is 23.0. The molecule has 0 amide bonds. The number of fused-ring (bicyclic) bond motifs is 2. The molecule has 1 aliphatic heterocycles. The minimum atomic E-state index is -0.816. The Bertz CT molecular complexity index is 1330. The van der Waals surface area contributed by atoms with Crippen LogP contribution in [0.3, 0.4) is 0 Å². The van der Waals surface area contributed by atoms with Gasteiger partial charge in [0.15, 0.2) is 0 Å². The van der Waals surface area contributed by atoms with E-state index in [1.807, 2.05) is 24.3 Å². The molecular weight excluding hydrogens is 426 g/mol. The molecular formula is C29H25NO4. The van der Waals surface area contributed by atoms with E-state index >= 15 is 0 Å². The van der Waals surface area contributed by atoms with Crippen LogP contribution in [0.5, 0.6) is 11.5 Å². The first-order valence-electron chi connectivity index (χ1n) is 11.9. The fraction of sp³-hybridized carbons (Fsp3) is 0.310. The van der Waals surface area contributed by atoms with Crippen molar-refractivity contribution in [2.45, 2.75) is 49.5 Å². The molecule has 1 heterocycles. The van der Waals surface area contributed by atoms with Gasteiger partial charge >= 0.3 is 5.97 Å². The van der Waals surface area contributed by atoms with Gasteiger partial charge < -0.3 is 14.6 Å². The Morgan fingerprint density at radius 3 is 2.71 bits per heavy atom. The lowest BCUT2D eigenvalue weighted by molar-refractivity contribution is -0.137. The highest BCUT2D eigenvalue weighted by molar-refractivity contribution is 5.75. The highest BCUT2D eigenvalue weighted by Gasteiger charge is 2.46. The number of nitrogens with zero attached hydrogens (tertiary/aromatic N) is 1. The predicted molar refractivity (Wildman–Crippen MR) is 127 cm³/mol. The van der Waals surface area contributed by atoms with Gasteiger partial charge in [0.25, 0.3) is 0 Å². The molecule has 0 radical (unpaired) electrons. The van der Waals surface area contributed by atoms with Crippen molar-refractivity contribution in [3.8, 4) is 28.7 Å². The van der Waals surface area contributed by atoms with Crippen molar-refractivity contribution in [1.82, 2.24) is 0 Å². The number of carbonyl (C=O) groups is 1. The second kappa shape index (κ2) is 7.92. The highest BCUT2D eigenvalue weighted by atomic mass is 16.5. The molecule has 0 aromatic heterocycles. The number of nitriles is 1. The summed E-state index contributed by atoms with van der Waals surface area (Å²) in [5, 5.41) is 18.9. The first kappa shape index (κ1) is 20.8. The summed E-state index contributed by atoms with van der Waals surface area (Å²) in [6.07, 6.45) is 3.68. The Morgan fingerprint density at radius 1 is 1.09 bits per heavy atom. The summed E-state index contributed by atoms with van der Waals surface area (Å²) in [5.41, 5.74) is 6.60. The van der Waals surface area contributed by atoms with Crippen LogP contribution in [0.2, 0.25) is 0 Å². The smallest absolute Gasteiger partial charge is 0.304 e. The van der Waals surface area contributed by atoms with Gasteiger partial charge in [-0.2, -0.15) is 5.26 Å². The van der Waals surface area contributed by atoms with Crippen LogP contribution in [0.15, 0.2) is 60.7 Å². The third-order valence-corrected chi connectivity index (χ3v) is 7.48. The second-order valence-corrected chi connectivity index (χ2v) is 9.56. The first-order chi connectivity index (χ1) is 16.6. The van der Waals surface area contributed by atoms with E-state index in [0.29, 0.717) is 6.61 Å². The van der Waals surface area contributed by atoms with Gasteiger partial charge in [-0.25, -0.2) is 0 Å². The van der Waals surface area contributed by atoms with Crippen LogP contribution >= 0.6 is 0 Å². The van der Waals surface area contributed by atoms with Crippen LogP contribution in [0, 0.1) is 11.3 Å². The molecule has 170 valence electrons. The van der Waals surface area contributed by atoms with E-state index in [1.54, 1.807) is 0 Å². The number of rotatable bonds is 6. The maximum Gasteiger partial charge on any atom is 0.304 e. The summed E-state index contributed by atoms with van der Waals surface area (Å²) in [5.74, 6) is 0.527. The van der Waals surface area contributed by atoms with E-state index in [1.165, 1.54) is 16.7 Å². The number of hydrogen-bond acceptors (Lipinski definition) is 4. The first-order valence-corrected chi connectivity index (χ1v) is 11.9. The van der Waals surface area contributed by atoms with Gasteiger partial charge in [0, 0.05) is 17.5 Å². The van der Waals surface area contributed by atoms with E-state index in [-0.39, 0.29) is 23.9 Å². The summed E-state index contributed by atoms with van der Waals surface area (Å²) < 4.78 is 12.2. The zero-order chi connectivity index (χ0) is 23.3. The Morgan fingerprint density at radius 2 is 1.91 bits per heavy atom. The number of hydrogen-bond donors (Lipinski definition) is 1. The molecule has 5 nitrogen and oxygen atoms in total. The molecule has 0 bridgehead atoms. The Labute approximate surface area is 198 Å². The van der Waals surface area contributed by atoms with Crippen LogP contribution in [0.1, 0.15) is 60.0 Å². The van der Waals surface area contributed by atoms with Gasteiger partial charge in [-0.15, -0.1) is 0 Å². The van der Waals surface area contributed by atoms with Crippen LogP contribution < -0.4 is 9.47 Å². The van der Waals surface area contributed by atoms with E-state index in [9.17, 15) is 10.1 Å². The van der Waals surface area contributed by atoms with Crippen molar-refractivity contribution in [2.24, 2.45) is 0 Å². The van der Waals surface area contributed by atoms with E-state index < -0.39 is 5.97 Å². The number of ether oxygens (including phenoxy) is 2. The zero-order valence-corrected chi connectivity index (χ0v) is 18.8. The van der Waals surface area contributed by atoms with E-state index in [4.69, 9.17) is 14.6 Å². The van der Waals surface area contributed by atoms with Crippen LogP contribution in [0.25, 0.3) is 11.1 Å². The summed E-state index contributed by atoms with van der Waals surface area (Å²) in [7, 11) is 0. The average molecular weight is 452 g/mol. The Kier molecular flexibility index (Phi) is 4.84. The topological polar surface area (TPSA) is 79.5 Å². The lowest BCUT2D eigenvalue weighted by Gasteiger charge is -2.18. The molecule has 5 heteroatoms. The van der Waals surface area contributed by atoms with Crippen molar-refractivity contribution in [3.05, 3.63) is 82.9 Å². The standard InChI is InChI=1S/C29H25NO4/c30-17-29(12-13-29)25-7-2-1-4-23(25)21-5-3-6-24-22(21)10-11-26(24)34-19-8-9-20-18(14-28(31)32)16-33-27(20)15-19/h1-9,15,18,26H,10-14,16H2,(H,31,32)/t18-,26-/m1/s1. The molecule has 3 aromatic carbocycles. The molecule has 0 spiro atoms. The Hall–Kier alpha value is -3.78. The minimum Gasteiger partial charge on any atom is -0.492 e. The van der Waals surface area contributed by atoms with Gasteiger partial charge in [-0.1, -0.05) is 48.5 Å². The maximum atomic E-state index is 11.1. The lowest BCUT2D eigenvalue weighted by atomic mass is 9.86. The summed E-state index contributed by atoms with van der Waals surface area (Å²) >= 11 is 0. The van der Waals surface area contributed by atoms with Crippen molar-refractivity contribution in [1.29, 1.82) is 5.26 Å². The summed E-state index contributed by atoms with van der Waals surface area (Å²) in [4.78, 5) is 11.1. The van der Waals surface area contributed by atoms with Gasteiger partial charge in [0.2, 0.25) is 0 Å². The van der Waals surface area contributed by atoms with Crippen LogP contribution in [-0.4, -0.2) is 17.7 Å². The van der Waals surface area contributed by atoms with E-state index in [0.717, 1.165) is 53.9 Å². The maximum absolute atomic E-state index is 11.1. The number of carboxylic acid groups (broad SMARTS) is 1. The number of aliphatic carboxylic acids is 1. The van der Waals surface area contributed by atoms with Gasteiger partial charge in [0.1, 0.15) is 17.6 Å². The number of carboxylic acids is 1. The molecule has 1 saturated carbocycles. The normalized spacial score (nSPS) is 21.1. The molecule has 0 unspecified atom stereocenters. The largest absolute Gasteiger partial charge is 0.492 e. The van der Waals surface area contributed by atoms with Crippen LogP contribution in [0.4, 0.5) is 0 Å². The minimum absolute atomic E-state index is 0.0535. The number of benzene rings is 3. The van der Waals surface area contributed by atoms with Gasteiger partial charge in [0.05, 0.1) is 24.5 Å². The monoisotopic (exact) mass is 451 g/mol. The molecule has 6 rings (SSSR count). The van der Waals surface area contributed by atoms with Crippen molar-refractivity contribution < 1.29 is 19.4 Å². The Balaban J connectivity index is 1.29. The van der Waals surface area contributed by atoms with Gasteiger partial charge in [-0.3, -0.25) is 4.79 Å². The zero-order valence-electron chi connectivity index (χ0n) is 18.8. The quantitative estimate of drug-likeness (QED) is 0.503. The molecule has 34 heavy (non-hydrogen) atoms. The third-order valence-electron chi connectivity index (χ3n) is 7.48. The molecule has 1 N–H and O–H groups in total. The molecule has 2 atom stereocenters. The molecule has 2 aliphatic carbocycles. The van der Waals surface area contributed by atoms with E-state index in [2.05, 4.69) is 42.5 Å². The SMILES string of the molecule is N#CC1(c2ccccc2-c2cccc3c2CC[C@H]3Oc2ccc3c(c2)OC[C@H]3CC(=O)O)CC1. The van der Waals surface area contributed by atoms with Crippen molar-refractivity contribution in [2.75, 3.05) is 6.61 Å². The molecule has 3 aromatic rings. The fourth-order valence-electron chi connectivity index (χ4n) is 5.57. The summed E-state index contributed by atoms with van der Waals surface area (Å²) in [6.45, 7) is 0.393. The van der Waals surface area contributed by atoms with Gasteiger partial charge in [-0.05, 0) is 59.6 Å². The third kappa shape index (κ3) is 3.42. The molecule has 3 aliphatic rings. The average Bonchev–Trinajstić information content (AvgIpc) is 3.41. The van der Waals surface area contributed by atoms with Crippen molar-refractivity contribution >= 4 is 5.97 Å². The molecule has 1 fully saturated rings. The highest BCUT2D eigenvalue weighted by Crippen LogP contribution is 2.52. The second-order valence-electron chi connectivity index (χ2n) is 9.56. The molecule has 0 saturated heterocycles. The van der Waals surface area contributed by atoms with Crippen molar-refractivity contribution in [3.63, 3.8) is 0 Å². The lowest BCUT2D eigenvalue weighted by Crippen LogP contribution is -2.07. The van der Waals surface area contributed by atoms with Crippen LogP contribution in [-0.2, 0) is 16.6 Å².